The van der Waals surface area contributed by atoms with Crippen LogP contribution in [0.2, 0.25) is 0 Å². The van der Waals surface area contributed by atoms with Gasteiger partial charge in [-0.3, -0.25) is 9.52 Å². The summed E-state index contributed by atoms with van der Waals surface area (Å²) in [4.78, 5) is 16.8. The maximum Gasteiger partial charge on any atom is 0.261 e. The first-order valence-electron chi connectivity index (χ1n) is 8.95. The number of carbonyl (C=O) groups excluding carboxylic acids is 1. The van der Waals surface area contributed by atoms with Crippen molar-refractivity contribution in [1.29, 1.82) is 0 Å². The molecule has 1 aliphatic rings. The molecule has 1 N–H and O–H groups in total. The lowest BCUT2D eigenvalue weighted by Gasteiger charge is -2.32. The third-order valence-corrected chi connectivity index (χ3v) is 6.39. The lowest BCUT2D eigenvalue weighted by Crippen LogP contribution is -2.47. The molecule has 1 saturated heterocycles. The van der Waals surface area contributed by atoms with E-state index in [-0.39, 0.29) is 10.8 Å². The number of rotatable bonds is 4. The van der Waals surface area contributed by atoms with Crippen molar-refractivity contribution < 1.29 is 13.2 Å². The zero-order valence-corrected chi connectivity index (χ0v) is 16.7. The number of aryl methyl sites for hydroxylation is 1. The van der Waals surface area contributed by atoms with Crippen LogP contribution < -0.4 is 4.72 Å². The van der Waals surface area contributed by atoms with Crippen molar-refractivity contribution in [2.45, 2.75) is 18.7 Å². The predicted octanol–water partition coefficient (Wildman–Crippen LogP) is 2.49. The van der Waals surface area contributed by atoms with Gasteiger partial charge in [-0.25, -0.2) is 8.42 Å². The lowest BCUT2D eigenvalue weighted by molar-refractivity contribution is 0.0664. The summed E-state index contributed by atoms with van der Waals surface area (Å²) in [5, 5.41) is 0. The van der Waals surface area contributed by atoms with Gasteiger partial charge in [-0.2, -0.15) is 0 Å². The Morgan fingerprint density at radius 1 is 1.00 bits per heavy atom. The quantitative estimate of drug-likeness (QED) is 0.875. The predicted molar refractivity (Wildman–Crippen MR) is 107 cm³/mol. The summed E-state index contributed by atoms with van der Waals surface area (Å²) in [6.45, 7) is 6.74. The topological polar surface area (TPSA) is 69.7 Å². The molecule has 0 spiro atoms. The Morgan fingerprint density at radius 2 is 1.67 bits per heavy atom. The number of likely N-dealkylation sites (N-methyl/N-ethyl adjacent to an activating group) is 1. The van der Waals surface area contributed by atoms with E-state index in [1.807, 2.05) is 33.0 Å². The fourth-order valence-corrected chi connectivity index (χ4v) is 4.22. The van der Waals surface area contributed by atoms with E-state index in [1.165, 1.54) is 12.1 Å². The molecule has 1 aliphatic heterocycles. The van der Waals surface area contributed by atoms with Gasteiger partial charge in [0.05, 0.1) is 10.6 Å². The molecule has 7 heteroatoms. The zero-order chi connectivity index (χ0) is 19.6. The Balaban J connectivity index is 1.83. The zero-order valence-electron chi connectivity index (χ0n) is 15.9. The first-order valence-corrected chi connectivity index (χ1v) is 10.4. The van der Waals surface area contributed by atoms with Crippen molar-refractivity contribution in [2.75, 3.05) is 37.9 Å². The lowest BCUT2D eigenvalue weighted by atomic mass is 10.1. The average Bonchev–Trinajstić information content (AvgIpc) is 2.65. The number of amides is 1. The van der Waals surface area contributed by atoms with Gasteiger partial charge in [-0.05, 0) is 56.3 Å². The van der Waals surface area contributed by atoms with E-state index >= 15 is 0 Å². The molecule has 27 heavy (non-hydrogen) atoms. The number of benzene rings is 2. The summed E-state index contributed by atoms with van der Waals surface area (Å²) in [6, 6.07) is 11.7. The van der Waals surface area contributed by atoms with Crippen molar-refractivity contribution in [3.8, 4) is 0 Å². The van der Waals surface area contributed by atoms with Crippen LogP contribution in [-0.4, -0.2) is 57.4 Å². The van der Waals surface area contributed by atoms with Gasteiger partial charge in [0.1, 0.15) is 0 Å². The highest BCUT2D eigenvalue weighted by Crippen LogP contribution is 2.23. The number of sulfonamides is 1. The van der Waals surface area contributed by atoms with Crippen molar-refractivity contribution in [2.24, 2.45) is 0 Å². The van der Waals surface area contributed by atoms with Gasteiger partial charge in [0, 0.05) is 31.7 Å². The minimum absolute atomic E-state index is 0.0865. The third kappa shape index (κ3) is 4.31. The molecular weight excluding hydrogens is 362 g/mol. The highest BCUT2D eigenvalue weighted by molar-refractivity contribution is 7.92. The number of nitrogens with zero attached hydrogens (tertiary/aromatic N) is 2. The molecule has 0 aromatic heterocycles. The number of hydrogen-bond donors (Lipinski definition) is 1. The van der Waals surface area contributed by atoms with Gasteiger partial charge in [0.15, 0.2) is 0 Å². The molecular formula is C20H25N3O3S. The van der Waals surface area contributed by atoms with Gasteiger partial charge in [-0.1, -0.05) is 18.2 Å². The van der Waals surface area contributed by atoms with Crippen LogP contribution in [0.4, 0.5) is 5.69 Å². The highest BCUT2D eigenvalue weighted by atomic mass is 32.2. The number of nitrogens with one attached hydrogen (secondary N) is 1. The van der Waals surface area contributed by atoms with Gasteiger partial charge in [0.2, 0.25) is 0 Å². The molecule has 0 radical (unpaired) electrons. The van der Waals surface area contributed by atoms with Crippen LogP contribution in [0.25, 0.3) is 0 Å². The number of piperazine rings is 1. The molecule has 1 fully saturated rings. The van der Waals surface area contributed by atoms with Gasteiger partial charge < -0.3 is 9.80 Å². The summed E-state index contributed by atoms with van der Waals surface area (Å²) in [5.74, 6) is -0.133. The summed E-state index contributed by atoms with van der Waals surface area (Å²) in [5.41, 5.74) is 2.83. The van der Waals surface area contributed by atoms with Crippen LogP contribution in [-0.2, 0) is 10.0 Å². The first kappa shape index (κ1) is 19.4. The van der Waals surface area contributed by atoms with Crippen LogP contribution in [0.3, 0.4) is 0 Å². The Labute approximate surface area is 160 Å². The molecule has 2 aromatic rings. The molecule has 144 valence electrons. The second-order valence-corrected chi connectivity index (χ2v) is 8.66. The summed E-state index contributed by atoms with van der Waals surface area (Å²) < 4.78 is 28.3. The number of carbonyl (C=O) groups is 1. The van der Waals surface area contributed by atoms with E-state index in [0.717, 1.165) is 24.2 Å². The van der Waals surface area contributed by atoms with Crippen LogP contribution in [0.1, 0.15) is 21.5 Å². The second-order valence-electron chi connectivity index (χ2n) is 6.98. The van der Waals surface area contributed by atoms with E-state index in [2.05, 4.69) is 9.62 Å². The minimum Gasteiger partial charge on any atom is -0.336 e. The Hall–Kier alpha value is -2.38. The molecule has 3 rings (SSSR count). The SMILES string of the molecule is Cc1cccc(NS(=O)(=O)c2cccc(C(=O)N3CCN(C)CC3)c2)c1C. The summed E-state index contributed by atoms with van der Waals surface area (Å²) >= 11 is 0. The summed E-state index contributed by atoms with van der Waals surface area (Å²) in [6.07, 6.45) is 0. The van der Waals surface area contributed by atoms with Crippen LogP contribution in [0.5, 0.6) is 0 Å². The van der Waals surface area contributed by atoms with E-state index in [9.17, 15) is 13.2 Å². The maximum atomic E-state index is 12.8. The molecule has 6 nitrogen and oxygen atoms in total. The fourth-order valence-electron chi connectivity index (χ4n) is 3.05. The molecule has 0 aliphatic carbocycles. The molecule has 0 atom stereocenters. The molecule has 0 unspecified atom stereocenters. The third-order valence-electron chi connectivity index (χ3n) is 5.03. The minimum atomic E-state index is -3.78. The van der Waals surface area contributed by atoms with Crippen molar-refractivity contribution in [3.05, 3.63) is 59.2 Å². The summed E-state index contributed by atoms with van der Waals surface area (Å²) in [7, 11) is -1.76. The van der Waals surface area contributed by atoms with Crippen molar-refractivity contribution in [3.63, 3.8) is 0 Å². The van der Waals surface area contributed by atoms with Crippen molar-refractivity contribution in [1.82, 2.24) is 9.80 Å². The smallest absolute Gasteiger partial charge is 0.261 e. The molecule has 2 aromatic carbocycles. The largest absolute Gasteiger partial charge is 0.336 e. The Bertz CT molecular complexity index is 949. The van der Waals surface area contributed by atoms with E-state index in [4.69, 9.17) is 0 Å². The van der Waals surface area contributed by atoms with Crippen LogP contribution in [0, 0.1) is 13.8 Å². The second kappa shape index (κ2) is 7.70. The monoisotopic (exact) mass is 387 g/mol. The number of anilines is 1. The van der Waals surface area contributed by atoms with E-state index < -0.39 is 10.0 Å². The van der Waals surface area contributed by atoms with Gasteiger partial charge in [0.25, 0.3) is 15.9 Å². The normalized spacial score (nSPS) is 15.6. The fraction of sp³-hybridized carbons (Fsp3) is 0.350. The van der Waals surface area contributed by atoms with E-state index in [1.54, 1.807) is 23.1 Å². The van der Waals surface area contributed by atoms with Crippen LogP contribution in [0.15, 0.2) is 47.4 Å². The molecule has 1 amide bonds. The maximum absolute atomic E-state index is 12.8. The molecule has 0 saturated carbocycles. The van der Waals surface area contributed by atoms with E-state index in [0.29, 0.717) is 24.3 Å². The standard InChI is InChI=1S/C20H25N3O3S/c1-15-6-4-9-19(16(15)2)21-27(25,26)18-8-5-7-17(14-18)20(24)23-12-10-22(3)11-13-23/h4-9,14,21H,10-13H2,1-3H3. The van der Waals surface area contributed by atoms with Gasteiger partial charge >= 0.3 is 0 Å². The highest BCUT2D eigenvalue weighted by Gasteiger charge is 2.22. The first-order chi connectivity index (χ1) is 12.8. The Kier molecular flexibility index (Phi) is 5.53. The molecule has 1 heterocycles. The molecule has 0 bridgehead atoms. The average molecular weight is 388 g/mol. The van der Waals surface area contributed by atoms with Gasteiger partial charge in [-0.15, -0.1) is 0 Å². The van der Waals surface area contributed by atoms with Crippen molar-refractivity contribution >= 4 is 21.6 Å². The van der Waals surface area contributed by atoms with Crippen LogP contribution >= 0.6 is 0 Å². The Morgan fingerprint density at radius 3 is 2.37 bits per heavy atom. The number of hydrogen-bond acceptors (Lipinski definition) is 4.